The lowest BCUT2D eigenvalue weighted by atomic mass is 9.89. The van der Waals surface area contributed by atoms with Gasteiger partial charge in [0.15, 0.2) is 0 Å². The highest BCUT2D eigenvalue weighted by atomic mass is 17.1. The molecular weight excluding hydrogens is 296 g/mol. The molecule has 0 fully saturated rings. The van der Waals surface area contributed by atoms with E-state index in [1.807, 2.05) is 0 Å². The van der Waals surface area contributed by atoms with Gasteiger partial charge in [-0.2, -0.15) is 0 Å². The number of rotatable bonds is 14. The van der Waals surface area contributed by atoms with Crippen molar-refractivity contribution in [2.24, 2.45) is 0 Å². The largest absolute Gasteiger partial charge is 0.479 e. The zero-order valence-electron chi connectivity index (χ0n) is 12.9. The van der Waals surface area contributed by atoms with Crippen LogP contribution >= 0.6 is 0 Å². The van der Waals surface area contributed by atoms with Crippen LogP contribution < -0.4 is 0 Å². The van der Waals surface area contributed by atoms with Crippen molar-refractivity contribution in [3.63, 3.8) is 0 Å². The van der Waals surface area contributed by atoms with E-state index < -0.39 is 23.6 Å². The molecule has 2 unspecified atom stereocenters. The maximum atomic E-state index is 11.3. The van der Waals surface area contributed by atoms with Crippen molar-refractivity contribution >= 4 is 11.9 Å². The van der Waals surface area contributed by atoms with Crippen molar-refractivity contribution in [2.45, 2.75) is 76.4 Å². The second-order valence-electron chi connectivity index (χ2n) is 5.33. The lowest BCUT2D eigenvalue weighted by Crippen LogP contribution is -2.55. The Kier molecular flexibility index (Phi) is 10.7. The summed E-state index contributed by atoms with van der Waals surface area (Å²) in [7, 11) is 0. The molecule has 0 rings (SSSR count). The smallest absolute Gasteiger partial charge is 0.342 e. The Balaban J connectivity index is 4.38. The van der Waals surface area contributed by atoms with E-state index in [2.05, 4.69) is 16.7 Å². The van der Waals surface area contributed by atoms with E-state index in [1.54, 1.807) is 0 Å². The summed E-state index contributed by atoms with van der Waals surface area (Å²) in [6.07, 6.45) is 5.00. The minimum Gasteiger partial charge on any atom is -0.479 e. The molecule has 8 heteroatoms. The van der Waals surface area contributed by atoms with E-state index in [0.717, 1.165) is 32.1 Å². The molecule has 8 nitrogen and oxygen atoms in total. The van der Waals surface area contributed by atoms with E-state index in [9.17, 15) is 9.59 Å². The van der Waals surface area contributed by atoms with Gasteiger partial charge in [-0.05, 0) is 12.8 Å². The zero-order chi connectivity index (χ0) is 17.0. The lowest BCUT2D eigenvalue weighted by Gasteiger charge is -2.29. The molecule has 22 heavy (non-hydrogen) atoms. The molecule has 0 aromatic heterocycles. The maximum absolute atomic E-state index is 11.3. The van der Waals surface area contributed by atoms with Gasteiger partial charge in [0.25, 0.3) is 0 Å². The highest BCUT2D eigenvalue weighted by Gasteiger charge is 2.53. The monoisotopic (exact) mass is 322 g/mol. The van der Waals surface area contributed by atoms with Crippen LogP contribution in [0.5, 0.6) is 0 Å². The van der Waals surface area contributed by atoms with Crippen molar-refractivity contribution in [2.75, 3.05) is 0 Å². The molecule has 0 aliphatic carbocycles. The first-order chi connectivity index (χ1) is 10.5. The minimum atomic E-state index is -2.53. The quantitative estimate of drug-likeness (QED) is 0.218. The Labute approximate surface area is 129 Å². The molecule has 0 bridgehead atoms. The molecule has 0 radical (unpaired) electrons. The van der Waals surface area contributed by atoms with Gasteiger partial charge in [-0.1, -0.05) is 51.9 Å². The van der Waals surface area contributed by atoms with Crippen molar-refractivity contribution < 1.29 is 40.1 Å². The second kappa shape index (κ2) is 11.4. The molecule has 2 atom stereocenters. The van der Waals surface area contributed by atoms with Crippen molar-refractivity contribution in [1.29, 1.82) is 0 Å². The summed E-state index contributed by atoms with van der Waals surface area (Å²) in [4.78, 5) is 29.8. The fraction of sp³-hybridized carbons (Fsp3) is 0.857. The summed E-state index contributed by atoms with van der Waals surface area (Å²) in [5, 5.41) is 35.5. The number of carbonyl (C=O) groups is 2. The van der Waals surface area contributed by atoms with Crippen LogP contribution in [0.2, 0.25) is 0 Å². The lowest BCUT2D eigenvalue weighted by molar-refractivity contribution is -0.379. The third kappa shape index (κ3) is 6.27. The first kappa shape index (κ1) is 20.8. The highest BCUT2D eigenvalue weighted by molar-refractivity contribution is 5.87. The van der Waals surface area contributed by atoms with Gasteiger partial charge in [-0.15, -0.1) is 0 Å². The van der Waals surface area contributed by atoms with Gasteiger partial charge in [0.2, 0.25) is 11.7 Å². The molecule has 0 saturated heterocycles. The standard InChI is InChI=1S/C14H26O8/c1-2-3-4-5-6-7-8-9-10-14(22-20,13(17)18)11(21-19)12(15)16/h11,19-20H,2-10H2,1H3,(H,15,16)(H,17,18). The molecule has 0 heterocycles. The number of hydrogen-bond acceptors (Lipinski definition) is 6. The molecule has 130 valence electrons. The molecular formula is C14H26O8. The van der Waals surface area contributed by atoms with Gasteiger partial charge < -0.3 is 10.2 Å². The average Bonchev–Trinajstić information content (AvgIpc) is 2.48. The van der Waals surface area contributed by atoms with Crippen LogP contribution in [0.25, 0.3) is 0 Å². The van der Waals surface area contributed by atoms with Crippen LogP contribution in [0.1, 0.15) is 64.7 Å². The first-order valence-electron chi connectivity index (χ1n) is 7.55. The Bertz CT molecular complexity index is 333. The fourth-order valence-electron chi connectivity index (χ4n) is 2.33. The third-order valence-corrected chi connectivity index (χ3v) is 3.68. The Morgan fingerprint density at radius 3 is 1.82 bits per heavy atom. The Hall–Kier alpha value is -1.22. The van der Waals surface area contributed by atoms with Crippen LogP contribution in [-0.2, 0) is 19.4 Å². The Morgan fingerprint density at radius 1 is 0.955 bits per heavy atom. The first-order valence-corrected chi connectivity index (χ1v) is 7.55. The summed E-state index contributed by atoms with van der Waals surface area (Å²) in [5.74, 6) is -3.45. The molecule has 0 aliphatic rings. The van der Waals surface area contributed by atoms with Gasteiger partial charge in [0, 0.05) is 0 Å². The van der Waals surface area contributed by atoms with Crippen LogP contribution in [0.3, 0.4) is 0 Å². The molecule has 0 saturated carbocycles. The van der Waals surface area contributed by atoms with E-state index in [1.165, 1.54) is 6.42 Å². The summed E-state index contributed by atoms with van der Waals surface area (Å²) in [6, 6.07) is 0. The van der Waals surface area contributed by atoms with Gasteiger partial charge in [0.05, 0.1) is 0 Å². The topological polar surface area (TPSA) is 134 Å². The zero-order valence-corrected chi connectivity index (χ0v) is 12.9. The minimum absolute atomic E-state index is 0.286. The number of carboxylic acid groups (broad SMARTS) is 2. The molecule has 0 aromatic carbocycles. The van der Waals surface area contributed by atoms with E-state index in [4.69, 9.17) is 20.7 Å². The van der Waals surface area contributed by atoms with E-state index in [-0.39, 0.29) is 6.42 Å². The number of unbranched alkanes of at least 4 members (excludes halogenated alkanes) is 7. The van der Waals surface area contributed by atoms with Crippen molar-refractivity contribution in [3.8, 4) is 0 Å². The van der Waals surface area contributed by atoms with Crippen LogP contribution in [0.4, 0.5) is 0 Å². The molecule has 0 spiro atoms. The highest BCUT2D eigenvalue weighted by Crippen LogP contribution is 2.26. The third-order valence-electron chi connectivity index (χ3n) is 3.68. The number of aliphatic carboxylic acids is 2. The SMILES string of the molecule is CCCCCCCCCCC(OO)(C(=O)O)C(OO)C(=O)O. The van der Waals surface area contributed by atoms with Crippen molar-refractivity contribution in [3.05, 3.63) is 0 Å². The van der Waals surface area contributed by atoms with Gasteiger partial charge in [0.1, 0.15) is 0 Å². The summed E-state index contributed by atoms with van der Waals surface area (Å²) in [5.41, 5.74) is -2.53. The molecule has 4 N–H and O–H groups in total. The summed E-state index contributed by atoms with van der Waals surface area (Å²) < 4.78 is 0. The maximum Gasteiger partial charge on any atom is 0.342 e. The van der Waals surface area contributed by atoms with Gasteiger partial charge in [-0.3, -0.25) is 10.5 Å². The molecule has 0 amide bonds. The fourth-order valence-corrected chi connectivity index (χ4v) is 2.33. The van der Waals surface area contributed by atoms with Crippen LogP contribution in [-0.4, -0.2) is 44.4 Å². The molecule has 0 aliphatic heterocycles. The van der Waals surface area contributed by atoms with Crippen molar-refractivity contribution in [1.82, 2.24) is 0 Å². The number of hydrogen-bond donors (Lipinski definition) is 4. The van der Waals surface area contributed by atoms with E-state index in [0.29, 0.717) is 12.8 Å². The van der Waals surface area contributed by atoms with Crippen LogP contribution in [0.15, 0.2) is 0 Å². The normalized spacial score (nSPS) is 15.2. The average molecular weight is 322 g/mol. The summed E-state index contributed by atoms with van der Waals surface area (Å²) in [6.45, 7) is 2.13. The van der Waals surface area contributed by atoms with Gasteiger partial charge >= 0.3 is 11.9 Å². The van der Waals surface area contributed by atoms with E-state index >= 15 is 0 Å². The predicted octanol–water partition coefficient (Wildman–Crippen LogP) is 2.77. The summed E-state index contributed by atoms with van der Waals surface area (Å²) >= 11 is 0. The van der Waals surface area contributed by atoms with Crippen LogP contribution in [0, 0.1) is 0 Å². The predicted molar refractivity (Wildman–Crippen MR) is 76.4 cm³/mol. The second-order valence-corrected chi connectivity index (χ2v) is 5.33. The Morgan fingerprint density at radius 2 is 1.45 bits per heavy atom. The van der Waals surface area contributed by atoms with Gasteiger partial charge in [-0.25, -0.2) is 19.4 Å². The molecule has 0 aromatic rings. The number of carboxylic acids is 2.